The Hall–Kier alpha value is -2.64. The molecule has 8 nitrogen and oxygen atoms in total. The molecule has 1 aromatic carbocycles. The van der Waals surface area contributed by atoms with Crippen molar-refractivity contribution in [3.05, 3.63) is 18.2 Å². The van der Waals surface area contributed by atoms with Gasteiger partial charge in [-0.25, -0.2) is 4.79 Å². The number of amides is 2. The maximum absolute atomic E-state index is 12.4. The maximum atomic E-state index is 12.4. The molecule has 0 radical (unpaired) electrons. The Bertz CT molecular complexity index is 659. The number of hydrogen-bond donors (Lipinski definition) is 2. The van der Waals surface area contributed by atoms with Gasteiger partial charge in [0.2, 0.25) is 0 Å². The summed E-state index contributed by atoms with van der Waals surface area (Å²) in [4.78, 5) is 27.2. The first-order valence-corrected chi connectivity index (χ1v) is 8.76. The van der Waals surface area contributed by atoms with Crippen molar-refractivity contribution in [2.45, 2.75) is 18.9 Å². The molecule has 0 saturated carbocycles. The Labute approximate surface area is 152 Å². The van der Waals surface area contributed by atoms with Crippen LogP contribution in [0.3, 0.4) is 0 Å². The first-order chi connectivity index (χ1) is 12.5. The summed E-state index contributed by atoms with van der Waals surface area (Å²) in [6, 6.07) is 5.58. The predicted octanol–water partition coefficient (Wildman–Crippen LogP) is 1.40. The number of methoxy groups -OCH3 is 2. The van der Waals surface area contributed by atoms with Gasteiger partial charge in [0, 0.05) is 56.1 Å². The minimum Gasteiger partial charge on any atom is -0.497 e. The first-order valence-electron chi connectivity index (χ1n) is 8.76. The van der Waals surface area contributed by atoms with Gasteiger partial charge in [-0.15, -0.1) is 0 Å². The van der Waals surface area contributed by atoms with Gasteiger partial charge >= 0.3 is 12.0 Å². The molecule has 0 spiro atoms. The number of carbonyl (C=O) groups is 2. The lowest BCUT2D eigenvalue weighted by Crippen LogP contribution is -2.45. The number of rotatable bonds is 5. The van der Waals surface area contributed by atoms with Crippen molar-refractivity contribution in [1.29, 1.82) is 0 Å². The Kier molecular flexibility index (Phi) is 5.39. The number of hydrogen-bond acceptors (Lipinski definition) is 5. The van der Waals surface area contributed by atoms with Gasteiger partial charge in [0.15, 0.2) is 0 Å². The van der Waals surface area contributed by atoms with Crippen LogP contribution in [0, 0.1) is 5.92 Å². The number of urea groups is 1. The maximum Gasteiger partial charge on any atom is 0.317 e. The molecule has 0 aromatic heterocycles. The topological polar surface area (TPSA) is 91.3 Å². The lowest BCUT2D eigenvalue weighted by atomic mass is 10.1. The van der Waals surface area contributed by atoms with Crippen LogP contribution >= 0.6 is 0 Å². The number of carboxylic acid groups (broad SMARTS) is 1. The summed E-state index contributed by atoms with van der Waals surface area (Å²) in [5.41, 5.74) is 0.991. The number of nitrogens with zero attached hydrogens (tertiary/aromatic N) is 2. The number of aliphatic carboxylic acids is 1. The smallest absolute Gasteiger partial charge is 0.317 e. The van der Waals surface area contributed by atoms with Gasteiger partial charge in [-0.2, -0.15) is 0 Å². The van der Waals surface area contributed by atoms with Crippen LogP contribution in [0.15, 0.2) is 18.2 Å². The fraction of sp³-hybridized carbons (Fsp3) is 0.556. The molecule has 2 amide bonds. The highest BCUT2D eigenvalue weighted by atomic mass is 16.5. The van der Waals surface area contributed by atoms with Gasteiger partial charge in [0.25, 0.3) is 0 Å². The summed E-state index contributed by atoms with van der Waals surface area (Å²) in [5.74, 6) is 0.164. The van der Waals surface area contributed by atoms with Crippen LogP contribution in [0.4, 0.5) is 10.5 Å². The van der Waals surface area contributed by atoms with Crippen molar-refractivity contribution in [2.24, 2.45) is 5.92 Å². The van der Waals surface area contributed by atoms with E-state index in [1.165, 1.54) is 0 Å². The molecule has 2 atom stereocenters. The standard InChI is InChI=1S/C18H25N3O5/c1-25-15-7-14(8-16(9-15)26-2)20-6-4-13(11-20)19-18(24)21-5-3-12(10-21)17(22)23/h7-9,12-13H,3-6,10-11H2,1-2H3,(H,19,24)(H,22,23). The fourth-order valence-corrected chi connectivity index (χ4v) is 3.50. The van der Waals surface area contributed by atoms with Crippen LogP contribution in [-0.2, 0) is 4.79 Å². The van der Waals surface area contributed by atoms with E-state index in [0.29, 0.717) is 19.5 Å². The number of nitrogens with one attached hydrogen (secondary N) is 1. The molecule has 2 heterocycles. The molecule has 2 aliphatic rings. The number of carboxylic acids is 1. The van der Waals surface area contributed by atoms with Crippen LogP contribution in [0.2, 0.25) is 0 Å². The zero-order valence-corrected chi connectivity index (χ0v) is 15.1. The van der Waals surface area contributed by atoms with E-state index < -0.39 is 11.9 Å². The van der Waals surface area contributed by atoms with E-state index in [9.17, 15) is 9.59 Å². The molecule has 2 N–H and O–H groups in total. The molecule has 0 bridgehead atoms. The Morgan fingerprint density at radius 1 is 1.08 bits per heavy atom. The lowest BCUT2D eigenvalue weighted by molar-refractivity contribution is -0.141. The van der Waals surface area contributed by atoms with E-state index in [-0.39, 0.29) is 18.6 Å². The van der Waals surface area contributed by atoms with Crippen molar-refractivity contribution >= 4 is 17.7 Å². The van der Waals surface area contributed by atoms with Crippen LogP contribution in [0.5, 0.6) is 11.5 Å². The largest absolute Gasteiger partial charge is 0.497 e. The monoisotopic (exact) mass is 363 g/mol. The highest BCUT2D eigenvalue weighted by Gasteiger charge is 2.33. The molecule has 142 valence electrons. The number of anilines is 1. The summed E-state index contributed by atoms with van der Waals surface area (Å²) in [6.07, 6.45) is 1.35. The van der Waals surface area contributed by atoms with Gasteiger partial charge in [-0.1, -0.05) is 0 Å². The van der Waals surface area contributed by atoms with Crippen LogP contribution < -0.4 is 19.7 Å². The third-order valence-corrected chi connectivity index (χ3v) is 5.04. The second-order valence-electron chi connectivity index (χ2n) is 6.72. The third-order valence-electron chi connectivity index (χ3n) is 5.04. The number of benzene rings is 1. The van der Waals surface area contributed by atoms with E-state index >= 15 is 0 Å². The third kappa shape index (κ3) is 3.95. The summed E-state index contributed by atoms with van der Waals surface area (Å²) >= 11 is 0. The van der Waals surface area contributed by atoms with E-state index in [4.69, 9.17) is 14.6 Å². The van der Waals surface area contributed by atoms with Crippen LogP contribution in [0.25, 0.3) is 0 Å². The van der Waals surface area contributed by atoms with Gasteiger partial charge in [-0.3, -0.25) is 4.79 Å². The normalized spacial score (nSPS) is 22.4. The summed E-state index contributed by atoms with van der Waals surface area (Å²) in [6.45, 7) is 2.29. The highest BCUT2D eigenvalue weighted by molar-refractivity contribution is 5.77. The highest BCUT2D eigenvalue weighted by Crippen LogP contribution is 2.30. The second kappa shape index (κ2) is 7.72. The molecule has 8 heteroatoms. The van der Waals surface area contributed by atoms with Crippen molar-refractivity contribution in [1.82, 2.24) is 10.2 Å². The lowest BCUT2D eigenvalue weighted by Gasteiger charge is -2.22. The zero-order valence-electron chi connectivity index (χ0n) is 15.1. The summed E-state index contributed by atoms with van der Waals surface area (Å²) in [5, 5.41) is 12.1. The van der Waals surface area contributed by atoms with Gasteiger partial charge in [-0.05, 0) is 12.8 Å². The molecule has 26 heavy (non-hydrogen) atoms. The molecule has 2 fully saturated rings. The Morgan fingerprint density at radius 3 is 2.35 bits per heavy atom. The summed E-state index contributed by atoms with van der Waals surface area (Å²) in [7, 11) is 3.23. The Balaban J connectivity index is 1.57. The molecule has 1 aromatic rings. The minimum atomic E-state index is -0.834. The van der Waals surface area contributed by atoms with Crippen molar-refractivity contribution < 1.29 is 24.2 Å². The molecule has 3 rings (SSSR count). The molecular formula is C18H25N3O5. The SMILES string of the molecule is COc1cc(OC)cc(N2CCC(NC(=O)N3CCC(C(=O)O)C3)C2)c1. The number of carbonyl (C=O) groups excluding carboxylic acids is 1. The second-order valence-corrected chi connectivity index (χ2v) is 6.72. The molecule has 2 saturated heterocycles. The molecule has 2 unspecified atom stereocenters. The molecule has 2 aliphatic heterocycles. The minimum absolute atomic E-state index is 0.0311. The quantitative estimate of drug-likeness (QED) is 0.822. The molecule has 0 aliphatic carbocycles. The van der Waals surface area contributed by atoms with Crippen LogP contribution in [-0.4, -0.2) is 68.4 Å². The van der Waals surface area contributed by atoms with E-state index in [1.54, 1.807) is 19.1 Å². The number of likely N-dealkylation sites (tertiary alicyclic amines) is 1. The van der Waals surface area contributed by atoms with Crippen molar-refractivity contribution in [3.63, 3.8) is 0 Å². The van der Waals surface area contributed by atoms with Crippen molar-refractivity contribution in [3.8, 4) is 11.5 Å². The zero-order chi connectivity index (χ0) is 18.7. The van der Waals surface area contributed by atoms with E-state index in [2.05, 4.69) is 10.2 Å². The average Bonchev–Trinajstić information content (AvgIpc) is 3.30. The fourth-order valence-electron chi connectivity index (χ4n) is 3.50. The van der Waals surface area contributed by atoms with Gasteiger partial charge in [0.05, 0.1) is 20.1 Å². The van der Waals surface area contributed by atoms with Crippen LogP contribution in [0.1, 0.15) is 12.8 Å². The molecular weight excluding hydrogens is 338 g/mol. The van der Waals surface area contributed by atoms with Crippen molar-refractivity contribution in [2.75, 3.05) is 45.3 Å². The van der Waals surface area contributed by atoms with Gasteiger partial charge < -0.3 is 29.7 Å². The Morgan fingerprint density at radius 2 is 1.77 bits per heavy atom. The van der Waals surface area contributed by atoms with E-state index in [1.807, 2.05) is 18.2 Å². The van der Waals surface area contributed by atoms with Gasteiger partial charge in [0.1, 0.15) is 11.5 Å². The summed E-state index contributed by atoms with van der Waals surface area (Å²) < 4.78 is 10.6. The average molecular weight is 363 g/mol. The first kappa shape index (κ1) is 18.2. The number of ether oxygens (including phenoxy) is 2. The van der Waals surface area contributed by atoms with E-state index in [0.717, 1.165) is 30.2 Å². The predicted molar refractivity (Wildman–Crippen MR) is 96.0 cm³/mol.